The Bertz CT molecular complexity index is 1360. The van der Waals surface area contributed by atoms with Gasteiger partial charge in [-0.15, -0.1) is 20.3 Å². The number of rotatable bonds is 14. The summed E-state index contributed by atoms with van der Waals surface area (Å²) in [5.41, 5.74) is 9.58. The van der Waals surface area contributed by atoms with E-state index in [2.05, 4.69) is 21.8 Å². The Hall–Kier alpha value is -4.49. The van der Waals surface area contributed by atoms with Gasteiger partial charge in [0.15, 0.2) is 17.3 Å². The fourth-order valence-electron chi connectivity index (χ4n) is 3.86. The molecule has 4 N–H and O–H groups in total. The van der Waals surface area contributed by atoms with E-state index in [0.717, 1.165) is 48.1 Å². The van der Waals surface area contributed by atoms with Crippen LogP contribution < -0.4 is 11.6 Å². The van der Waals surface area contributed by atoms with Crippen molar-refractivity contribution in [2.45, 2.75) is 39.2 Å². The van der Waals surface area contributed by atoms with Gasteiger partial charge in [0, 0.05) is 24.9 Å². The minimum atomic E-state index is -0.988. The minimum absolute atomic E-state index is 0.0277. The number of amidine groups is 1. The molecule has 0 saturated carbocycles. The van der Waals surface area contributed by atoms with Gasteiger partial charge in [0.1, 0.15) is 11.5 Å². The number of hydrogen-bond acceptors (Lipinski definition) is 9. The number of halogens is 1. The zero-order valence-electron chi connectivity index (χ0n) is 21.9. The van der Waals surface area contributed by atoms with Gasteiger partial charge in [0.05, 0.1) is 13.2 Å². The van der Waals surface area contributed by atoms with Gasteiger partial charge in [-0.2, -0.15) is 0 Å². The van der Waals surface area contributed by atoms with Crippen LogP contribution in [-0.2, 0) is 22.5 Å². The van der Waals surface area contributed by atoms with Crippen LogP contribution in [0.2, 0.25) is 5.15 Å². The third-order valence-electron chi connectivity index (χ3n) is 5.83. The molecule has 0 unspecified atom stereocenters. The number of hydrogen-bond donors (Lipinski definition) is 2. The van der Waals surface area contributed by atoms with Gasteiger partial charge in [0.25, 0.3) is 5.09 Å². The van der Waals surface area contributed by atoms with E-state index < -0.39 is 11.2 Å². The van der Waals surface area contributed by atoms with Crippen LogP contribution in [0.4, 0.5) is 4.79 Å². The lowest BCUT2D eigenvalue weighted by molar-refractivity contribution is -0.757. The predicted molar refractivity (Wildman–Crippen MR) is 148 cm³/mol. The molecule has 2 aromatic carbocycles. The van der Waals surface area contributed by atoms with Crippen LogP contribution in [0.5, 0.6) is 0 Å². The summed E-state index contributed by atoms with van der Waals surface area (Å²) in [6.45, 7) is 2.14. The number of nitrogens with zero attached hydrogens (tertiary/aromatic N) is 5. The molecule has 0 bridgehead atoms. The van der Waals surface area contributed by atoms with Gasteiger partial charge < -0.3 is 19.9 Å². The Balaban J connectivity index is 1.74. The van der Waals surface area contributed by atoms with E-state index in [1.54, 1.807) is 12.1 Å². The van der Waals surface area contributed by atoms with Crippen LogP contribution in [-0.4, -0.2) is 51.2 Å². The number of carbonyl (C=O) groups excluding carboxylic acids is 2. The van der Waals surface area contributed by atoms with E-state index in [9.17, 15) is 19.7 Å². The van der Waals surface area contributed by atoms with Gasteiger partial charge in [0.2, 0.25) is 0 Å². The van der Waals surface area contributed by atoms with Crippen LogP contribution in [0.25, 0.3) is 11.1 Å². The molecule has 212 valence electrons. The Morgan fingerprint density at radius 3 is 2.60 bits per heavy atom. The van der Waals surface area contributed by atoms with E-state index in [1.165, 1.54) is 0 Å². The number of hydrazine groups is 1. The number of benzene rings is 2. The van der Waals surface area contributed by atoms with E-state index >= 15 is 0 Å². The van der Waals surface area contributed by atoms with Crippen LogP contribution in [0, 0.1) is 10.1 Å². The number of carbonyl (C=O) groups is 2. The highest BCUT2D eigenvalue weighted by Gasteiger charge is 2.17. The first-order valence-corrected chi connectivity index (χ1v) is 12.8. The largest absolute Gasteiger partial charge is 0.447 e. The fourth-order valence-corrected chi connectivity index (χ4v) is 4.10. The molecule has 0 saturated heterocycles. The highest BCUT2D eigenvalue weighted by atomic mass is 35.5. The smallest absolute Gasteiger partial charge is 0.445 e. The molecule has 0 fully saturated rings. The number of unbranched alkanes of at least 4 members (excludes halogenated alkanes) is 1. The maximum atomic E-state index is 12.1. The monoisotopic (exact) mass is 571 g/mol. The molecule has 1 heterocycles. The summed E-state index contributed by atoms with van der Waals surface area (Å²) in [5, 5.41) is 13.8. The number of amides is 1. The second kappa shape index (κ2) is 14.6. The lowest BCUT2D eigenvalue weighted by Crippen LogP contribution is -2.36. The molecule has 0 spiro atoms. The molecule has 0 radical (unpaired) electrons. The fraction of sp³-hybridized carbons (Fsp3) is 0.308. The van der Waals surface area contributed by atoms with Crippen molar-refractivity contribution in [3.8, 4) is 11.1 Å². The lowest BCUT2D eigenvalue weighted by Gasteiger charge is -2.14. The minimum Gasteiger partial charge on any atom is -0.447 e. The van der Waals surface area contributed by atoms with E-state index in [-0.39, 0.29) is 30.6 Å². The molecule has 0 aliphatic heterocycles. The Morgan fingerprint density at radius 2 is 1.93 bits per heavy atom. The Kier molecular flexibility index (Phi) is 11.0. The predicted octanol–water partition coefficient (Wildman–Crippen LogP) is 3.94. The van der Waals surface area contributed by atoms with Crippen molar-refractivity contribution in [2.75, 3.05) is 13.2 Å². The van der Waals surface area contributed by atoms with Crippen molar-refractivity contribution in [2.24, 2.45) is 16.7 Å². The lowest BCUT2D eigenvalue weighted by atomic mass is 9.98. The van der Waals surface area contributed by atoms with Gasteiger partial charge in [-0.25, -0.2) is 15.6 Å². The van der Waals surface area contributed by atoms with Crippen molar-refractivity contribution in [3.63, 3.8) is 0 Å². The summed E-state index contributed by atoms with van der Waals surface area (Å²) in [5.74, 6) is 6.42. The SMILES string of the molecule is CCCCc1nc(Cl)c(C=O)n1Cc1ccc(-c2ccccc2/C(N)=N/N(N)C(=O)OCCCO[N+](=O)[O-])cc1. The number of ether oxygens (including phenoxy) is 1. The standard InChI is InChI=1S/C26H30ClN7O6/c1-2-3-9-23-30-24(27)22(17-35)32(23)16-18-10-12-19(13-11-18)20-7-4-5-8-21(20)25(28)31-33(29)26(36)39-14-6-15-40-34(37)38/h4-5,7-8,10-13,17H,2-3,6,9,14-16,29H2,1H3,(H2,28,31). The molecule has 0 aliphatic rings. The molecule has 1 amide bonds. The first-order chi connectivity index (χ1) is 19.2. The van der Waals surface area contributed by atoms with E-state index in [1.807, 2.05) is 41.0 Å². The number of aldehydes is 1. The van der Waals surface area contributed by atoms with E-state index in [0.29, 0.717) is 22.9 Å². The number of nitrogens with two attached hydrogens (primary N) is 2. The quantitative estimate of drug-likeness (QED) is 0.0423. The van der Waals surface area contributed by atoms with Crippen molar-refractivity contribution in [1.29, 1.82) is 0 Å². The molecular formula is C26H30ClN7O6. The number of hydrazone groups is 1. The van der Waals surface area contributed by atoms with Gasteiger partial charge in [-0.3, -0.25) is 4.79 Å². The van der Waals surface area contributed by atoms with E-state index in [4.69, 9.17) is 27.9 Å². The third kappa shape index (κ3) is 8.01. The number of imidazole rings is 1. The second-order valence-corrected chi connectivity index (χ2v) is 8.97. The summed E-state index contributed by atoms with van der Waals surface area (Å²) in [6.07, 6.45) is 2.48. The van der Waals surface area contributed by atoms with Crippen molar-refractivity contribution in [1.82, 2.24) is 14.7 Å². The zero-order valence-corrected chi connectivity index (χ0v) is 22.6. The average molecular weight is 572 g/mol. The zero-order chi connectivity index (χ0) is 29.1. The molecule has 3 aromatic rings. The Morgan fingerprint density at radius 1 is 1.20 bits per heavy atom. The van der Waals surface area contributed by atoms with Crippen LogP contribution in [0.15, 0.2) is 53.6 Å². The molecule has 0 atom stereocenters. The van der Waals surface area contributed by atoms with Crippen molar-refractivity contribution in [3.05, 3.63) is 86.4 Å². The molecule has 0 aliphatic carbocycles. The first kappa shape index (κ1) is 30.1. The van der Waals surface area contributed by atoms with Crippen LogP contribution in [0.3, 0.4) is 0 Å². The topological polar surface area (TPSA) is 181 Å². The number of aromatic nitrogens is 2. The average Bonchev–Trinajstić information content (AvgIpc) is 3.24. The van der Waals surface area contributed by atoms with Gasteiger partial charge in [-0.1, -0.05) is 73.5 Å². The molecule has 14 heteroatoms. The normalized spacial score (nSPS) is 11.2. The summed E-state index contributed by atoms with van der Waals surface area (Å²) in [7, 11) is 0. The van der Waals surface area contributed by atoms with Crippen molar-refractivity contribution < 1.29 is 24.3 Å². The number of aryl methyl sites for hydroxylation is 1. The van der Waals surface area contributed by atoms with Crippen molar-refractivity contribution >= 4 is 29.8 Å². The summed E-state index contributed by atoms with van der Waals surface area (Å²) in [6, 6.07) is 14.9. The molecule has 3 rings (SSSR count). The second-order valence-electron chi connectivity index (χ2n) is 8.61. The summed E-state index contributed by atoms with van der Waals surface area (Å²) < 4.78 is 6.74. The highest BCUT2D eigenvalue weighted by molar-refractivity contribution is 6.31. The van der Waals surface area contributed by atoms with Crippen LogP contribution >= 0.6 is 11.6 Å². The summed E-state index contributed by atoms with van der Waals surface area (Å²) in [4.78, 5) is 42.4. The maximum absolute atomic E-state index is 12.1. The molecular weight excluding hydrogens is 542 g/mol. The maximum Gasteiger partial charge on any atom is 0.445 e. The van der Waals surface area contributed by atoms with Gasteiger partial charge in [-0.05, 0) is 23.1 Å². The molecule has 40 heavy (non-hydrogen) atoms. The highest BCUT2D eigenvalue weighted by Crippen LogP contribution is 2.25. The summed E-state index contributed by atoms with van der Waals surface area (Å²) >= 11 is 6.20. The first-order valence-electron chi connectivity index (χ1n) is 12.5. The van der Waals surface area contributed by atoms with Crippen LogP contribution in [0.1, 0.15) is 53.6 Å². The third-order valence-corrected chi connectivity index (χ3v) is 6.11. The Labute approximate surface area is 235 Å². The molecule has 13 nitrogen and oxygen atoms in total. The van der Waals surface area contributed by atoms with Gasteiger partial charge >= 0.3 is 6.09 Å². The molecule has 1 aromatic heterocycles.